The van der Waals surface area contributed by atoms with Gasteiger partial charge in [0.2, 0.25) is 11.8 Å². The van der Waals surface area contributed by atoms with Crippen LogP contribution in [0.5, 0.6) is 11.5 Å². The van der Waals surface area contributed by atoms with E-state index >= 15 is 0 Å². The number of para-hydroxylation sites is 1. The van der Waals surface area contributed by atoms with Crippen LogP contribution in [0, 0.1) is 0 Å². The van der Waals surface area contributed by atoms with E-state index in [4.69, 9.17) is 9.47 Å². The highest BCUT2D eigenvalue weighted by Crippen LogP contribution is 2.31. The van der Waals surface area contributed by atoms with E-state index in [1.807, 2.05) is 0 Å². The summed E-state index contributed by atoms with van der Waals surface area (Å²) in [5.74, 6) is 0.600. The van der Waals surface area contributed by atoms with Crippen LogP contribution in [0.1, 0.15) is 35.2 Å². The number of nitrogens with one attached hydrogen (secondary N) is 1. The zero-order valence-electron chi connectivity index (χ0n) is 18.3. The normalized spacial score (nSPS) is 17.9. The van der Waals surface area contributed by atoms with Crippen LogP contribution in [0.15, 0.2) is 42.5 Å². The fourth-order valence-corrected chi connectivity index (χ4v) is 4.35. The first-order valence-corrected chi connectivity index (χ1v) is 10.7. The Kier molecular flexibility index (Phi) is 6.30. The fraction of sp³-hybridized carbons (Fsp3) is 0.375. The molecule has 2 heterocycles. The van der Waals surface area contributed by atoms with E-state index in [1.54, 1.807) is 61.6 Å². The van der Waals surface area contributed by atoms with Crippen molar-refractivity contribution in [1.82, 2.24) is 10.2 Å². The van der Waals surface area contributed by atoms with Crippen LogP contribution < -0.4 is 19.7 Å². The molecule has 1 atom stereocenters. The smallest absolute Gasteiger partial charge is 0.256 e. The minimum atomic E-state index is -0.532. The van der Waals surface area contributed by atoms with Crippen LogP contribution in [0.3, 0.4) is 0 Å². The summed E-state index contributed by atoms with van der Waals surface area (Å²) in [6, 6.07) is 11.8. The molecule has 32 heavy (non-hydrogen) atoms. The molecule has 0 spiro atoms. The molecule has 8 heteroatoms. The molecule has 2 aliphatic heterocycles. The molecule has 2 aromatic rings. The molecular formula is C24H27N3O5. The van der Waals surface area contributed by atoms with Gasteiger partial charge in [-0.25, -0.2) is 0 Å². The Labute approximate surface area is 187 Å². The molecule has 0 aromatic heterocycles. The molecule has 0 aliphatic carbocycles. The summed E-state index contributed by atoms with van der Waals surface area (Å²) < 4.78 is 10.6. The lowest BCUT2D eigenvalue weighted by atomic mass is 10.0. The van der Waals surface area contributed by atoms with Gasteiger partial charge in [-0.3, -0.25) is 14.4 Å². The van der Waals surface area contributed by atoms with Gasteiger partial charge in [0.15, 0.2) is 0 Å². The fourth-order valence-electron chi connectivity index (χ4n) is 4.35. The number of amides is 3. The highest BCUT2D eigenvalue weighted by atomic mass is 16.5. The molecule has 0 bridgehead atoms. The average molecular weight is 437 g/mol. The van der Waals surface area contributed by atoms with E-state index < -0.39 is 6.04 Å². The minimum Gasteiger partial charge on any atom is -0.497 e. The summed E-state index contributed by atoms with van der Waals surface area (Å²) in [5.41, 5.74) is 1.69. The van der Waals surface area contributed by atoms with Crippen LogP contribution in [0.2, 0.25) is 0 Å². The summed E-state index contributed by atoms with van der Waals surface area (Å²) in [5, 5.41) is 2.86. The molecule has 8 nitrogen and oxygen atoms in total. The summed E-state index contributed by atoms with van der Waals surface area (Å²) in [7, 11) is 3.13. The van der Waals surface area contributed by atoms with E-state index in [0.29, 0.717) is 35.7 Å². The van der Waals surface area contributed by atoms with Gasteiger partial charge in [0.05, 0.1) is 25.5 Å². The number of rotatable bonds is 6. The molecule has 168 valence electrons. The molecule has 1 unspecified atom stereocenters. The van der Waals surface area contributed by atoms with Gasteiger partial charge in [0.25, 0.3) is 5.91 Å². The summed E-state index contributed by atoms with van der Waals surface area (Å²) in [4.78, 5) is 42.5. The number of piperidine rings is 1. The number of fused-ring (bicyclic) bond motifs is 2. The summed E-state index contributed by atoms with van der Waals surface area (Å²) in [6.07, 6.45) is 2.37. The standard InChI is InChI=1S/C24H27N3O5/c1-31-17-10-11-21(32-2)16(13-17)14-25-22(28)15-27-19-8-4-3-7-18(19)23(29)26-12-6-5-9-20(26)24(27)30/h3-4,7-8,10-11,13,20H,5-6,9,12,14-15H2,1-2H3,(H,25,28). The molecule has 0 saturated carbocycles. The molecule has 4 rings (SSSR count). The maximum atomic E-state index is 13.4. The summed E-state index contributed by atoms with van der Waals surface area (Å²) in [6.45, 7) is 0.608. The van der Waals surface area contributed by atoms with E-state index in [2.05, 4.69) is 5.32 Å². The Bertz CT molecular complexity index is 1040. The third-order valence-corrected chi connectivity index (χ3v) is 6.01. The Balaban J connectivity index is 1.55. The second kappa shape index (κ2) is 9.30. The Morgan fingerprint density at radius 2 is 1.91 bits per heavy atom. The van der Waals surface area contributed by atoms with Crippen molar-refractivity contribution in [2.24, 2.45) is 0 Å². The third kappa shape index (κ3) is 4.12. The molecule has 1 saturated heterocycles. The topological polar surface area (TPSA) is 88.2 Å². The largest absolute Gasteiger partial charge is 0.497 e. The number of carbonyl (C=O) groups is 3. The first-order valence-electron chi connectivity index (χ1n) is 10.7. The predicted molar refractivity (Wildman–Crippen MR) is 119 cm³/mol. The predicted octanol–water partition coefficient (Wildman–Crippen LogP) is 2.36. The number of hydrogen-bond acceptors (Lipinski definition) is 5. The first-order chi connectivity index (χ1) is 15.5. The van der Waals surface area contributed by atoms with Gasteiger partial charge in [0.1, 0.15) is 24.1 Å². The van der Waals surface area contributed by atoms with Crippen LogP contribution in [-0.2, 0) is 16.1 Å². The molecule has 3 amide bonds. The number of carbonyl (C=O) groups excluding carboxylic acids is 3. The number of benzene rings is 2. The van der Waals surface area contributed by atoms with Gasteiger partial charge in [0, 0.05) is 18.7 Å². The Morgan fingerprint density at radius 1 is 1.09 bits per heavy atom. The van der Waals surface area contributed by atoms with Gasteiger partial charge < -0.3 is 24.6 Å². The quantitative estimate of drug-likeness (QED) is 0.750. The molecule has 0 radical (unpaired) electrons. The lowest BCUT2D eigenvalue weighted by Crippen LogP contribution is -2.52. The van der Waals surface area contributed by atoms with E-state index in [9.17, 15) is 14.4 Å². The van der Waals surface area contributed by atoms with Crippen molar-refractivity contribution in [2.45, 2.75) is 31.8 Å². The third-order valence-electron chi connectivity index (χ3n) is 6.01. The van der Waals surface area contributed by atoms with Crippen molar-refractivity contribution in [3.63, 3.8) is 0 Å². The van der Waals surface area contributed by atoms with Gasteiger partial charge in [-0.2, -0.15) is 0 Å². The highest BCUT2D eigenvalue weighted by molar-refractivity contribution is 6.12. The van der Waals surface area contributed by atoms with E-state index in [-0.39, 0.29) is 30.8 Å². The van der Waals surface area contributed by atoms with Crippen molar-refractivity contribution in [3.05, 3.63) is 53.6 Å². The van der Waals surface area contributed by atoms with Crippen molar-refractivity contribution in [3.8, 4) is 11.5 Å². The zero-order chi connectivity index (χ0) is 22.7. The average Bonchev–Trinajstić information content (AvgIpc) is 2.92. The summed E-state index contributed by atoms with van der Waals surface area (Å²) >= 11 is 0. The second-order valence-corrected chi connectivity index (χ2v) is 7.91. The Morgan fingerprint density at radius 3 is 2.69 bits per heavy atom. The molecule has 1 fully saturated rings. The lowest BCUT2D eigenvalue weighted by Gasteiger charge is -2.34. The Hall–Kier alpha value is -3.55. The van der Waals surface area contributed by atoms with Crippen LogP contribution in [0.25, 0.3) is 0 Å². The number of anilines is 1. The number of ether oxygens (including phenoxy) is 2. The maximum absolute atomic E-state index is 13.4. The second-order valence-electron chi connectivity index (χ2n) is 7.91. The molecule has 1 N–H and O–H groups in total. The molecule has 2 aliphatic rings. The molecule has 2 aromatic carbocycles. The van der Waals surface area contributed by atoms with Crippen molar-refractivity contribution in [2.75, 3.05) is 32.2 Å². The van der Waals surface area contributed by atoms with Crippen molar-refractivity contribution in [1.29, 1.82) is 0 Å². The van der Waals surface area contributed by atoms with Gasteiger partial charge >= 0.3 is 0 Å². The monoisotopic (exact) mass is 437 g/mol. The number of hydrogen-bond donors (Lipinski definition) is 1. The zero-order valence-corrected chi connectivity index (χ0v) is 18.3. The van der Waals surface area contributed by atoms with Gasteiger partial charge in [-0.05, 0) is 49.6 Å². The van der Waals surface area contributed by atoms with E-state index in [1.165, 1.54) is 4.90 Å². The van der Waals surface area contributed by atoms with Crippen LogP contribution in [-0.4, -0.2) is 56.0 Å². The number of methoxy groups -OCH3 is 2. The van der Waals surface area contributed by atoms with Crippen molar-refractivity contribution < 1.29 is 23.9 Å². The van der Waals surface area contributed by atoms with Gasteiger partial charge in [-0.1, -0.05) is 12.1 Å². The number of nitrogens with zero attached hydrogens (tertiary/aromatic N) is 2. The van der Waals surface area contributed by atoms with Gasteiger partial charge in [-0.15, -0.1) is 0 Å². The highest BCUT2D eigenvalue weighted by Gasteiger charge is 2.40. The maximum Gasteiger partial charge on any atom is 0.256 e. The first kappa shape index (κ1) is 21.7. The minimum absolute atomic E-state index is 0.150. The lowest BCUT2D eigenvalue weighted by molar-refractivity contribution is -0.126. The van der Waals surface area contributed by atoms with Crippen LogP contribution in [0.4, 0.5) is 5.69 Å². The molecular weight excluding hydrogens is 410 g/mol. The van der Waals surface area contributed by atoms with Crippen molar-refractivity contribution >= 4 is 23.4 Å². The SMILES string of the molecule is COc1ccc(OC)c(CNC(=O)CN2C(=O)C3CCCCN3C(=O)c3ccccc32)c1. The van der Waals surface area contributed by atoms with E-state index in [0.717, 1.165) is 18.4 Å². The van der Waals surface area contributed by atoms with Crippen LogP contribution >= 0.6 is 0 Å².